The Morgan fingerprint density at radius 2 is 2.00 bits per heavy atom. The van der Waals surface area contributed by atoms with Gasteiger partial charge in [-0.1, -0.05) is 11.6 Å². The van der Waals surface area contributed by atoms with Gasteiger partial charge in [0, 0.05) is 12.0 Å². The minimum absolute atomic E-state index is 0.451. The highest BCUT2D eigenvalue weighted by Crippen LogP contribution is 2.36. The molecule has 0 saturated carbocycles. The Labute approximate surface area is 94.6 Å². The first-order chi connectivity index (χ1) is 7.10. The SMILES string of the molecule is COc1ccc(Cl)c(OC)c1CC(C)O. The summed E-state index contributed by atoms with van der Waals surface area (Å²) in [4.78, 5) is 0. The zero-order valence-electron chi connectivity index (χ0n) is 9.08. The van der Waals surface area contributed by atoms with Crippen LogP contribution < -0.4 is 9.47 Å². The normalized spacial score (nSPS) is 12.3. The molecule has 0 aliphatic carbocycles. The topological polar surface area (TPSA) is 38.7 Å². The molecule has 1 N–H and O–H groups in total. The van der Waals surface area contributed by atoms with E-state index in [-0.39, 0.29) is 0 Å². The van der Waals surface area contributed by atoms with Crippen LogP contribution in [0.25, 0.3) is 0 Å². The highest BCUT2D eigenvalue weighted by Gasteiger charge is 2.15. The molecule has 0 saturated heterocycles. The summed E-state index contributed by atoms with van der Waals surface area (Å²) < 4.78 is 10.4. The second kappa shape index (κ2) is 5.24. The lowest BCUT2D eigenvalue weighted by Crippen LogP contribution is -2.07. The Balaban J connectivity index is 3.21. The van der Waals surface area contributed by atoms with Gasteiger partial charge in [0.05, 0.1) is 25.3 Å². The van der Waals surface area contributed by atoms with Gasteiger partial charge in [-0.05, 0) is 19.1 Å². The fraction of sp³-hybridized carbons (Fsp3) is 0.455. The first kappa shape index (κ1) is 12.1. The van der Waals surface area contributed by atoms with E-state index in [0.717, 1.165) is 5.56 Å². The molecule has 15 heavy (non-hydrogen) atoms. The predicted octanol–water partition coefficient (Wildman–Crippen LogP) is 2.28. The third-order valence-corrected chi connectivity index (χ3v) is 2.39. The lowest BCUT2D eigenvalue weighted by molar-refractivity contribution is 0.192. The van der Waals surface area contributed by atoms with Gasteiger partial charge < -0.3 is 14.6 Å². The first-order valence-electron chi connectivity index (χ1n) is 4.67. The summed E-state index contributed by atoms with van der Waals surface area (Å²) >= 11 is 5.98. The van der Waals surface area contributed by atoms with Crippen molar-refractivity contribution in [2.75, 3.05) is 14.2 Å². The van der Waals surface area contributed by atoms with Crippen molar-refractivity contribution in [1.82, 2.24) is 0 Å². The van der Waals surface area contributed by atoms with Gasteiger partial charge in [0.2, 0.25) is 0 Å². The van der Waals surface area contributed by atoms with E-state index in [0.29, 0.717) is 22.9 Å². The zero-order chi connectivity index (χ0) is 11.4. The first-order valence-corrected chi connectivity index (χ1v) is 5.05. The summed E-state index contributed by atoms with van der Waals surface area (Å²) in [6.07, 6.45) is -0.0151. The quantitative estimate of drug-likeness (QED) is 0.863. The summed E-state index contributed by atoms with van der Waals surface area (Å²) in [7, 11) is 3.13. The van der Waals surface area contributed by atoms with Gasteiger partial charge in [0.1, 0.15) is 11.5 Å². The molecule has 0 bridgehead atoms. The molecule has 0 aromatic heterocycles. The smallest absolute Gasteiger partial charge is 0.144 e. The summed E-state index contributed by atoms with van der Waals surface area (Å²) in [5.74, 6) is 1.24. The van der Waals surface area contributed by atoms with Crippen molar-refractivity contribution in [3.8, 4) is 11.5 Å². The standard InChI is InChI=1S/C11H15ClO3/c1-7(13)6-8-10(14-2)5-4-9(12)11(8)15-3/h4-5,7,13H,6H2,1-3H3. The molecule has 1 aromatic carbocycles. The summed E-state index contributed by atoms with van der Waals surface area (Å²) in [5, 5.41) is 9.90. The summed E-state index contributed by atoms with van der Waals surface area (Å²) in [5.41, 5.74) is 0.794. The Kier molecular flexibility index (Phi) is 4.24. The Bertz CT molecular complexity index is 337. The Morgan fingerprint density at radius 1 is 1.33 bits per heavy atom. The second-order valence-electron chi connectivity index (χ2n) is 3.31. The average Bonchev–Trinajstić information content (AvgIpc) is 2.18. The molecule has 1 aromatic rings. The van der Waals surface area contributed by atoms with Crippen molar-refractivity contribution in [3.63, 3.8) is 0 Å². The molecular formula is C11H15ClO3. The fourth-order valence-corrected chi connectivity index (χ4v) is 1.74. The molecule has 0 fully saturated rings. The molecule has 0 heterocycles. The van der Waals surface area contributed by atoms with Crippen LogP contribution in [0, 0.1) is 0 Å². The lowest BCUT2D eigenvalue weighted by atomic mass is 10.1. The number of aliphatic hydroxyl groups excluding tert-OH is 1. The number of rotatable bonds is 4. The van der Waals surface area contributed by atoms with Crippen LogP contribution in [0.15, 0.2) is 12.1 Å². The van der Waals surface area contributed by atoms with E-state index >= 15 is 0 Å². The number of halogens is 1. The summed E-state index contributed by atoms with van der Waals surface area (Å²) in [6.45, 7) is 1.71. The lowest BCUT2D eigenvalue weighted by Gasteiger charge is -2.15. The van der Waals surface area contributed by atoms with Gasteiger partial charge in [-0.3, -0.25) is 0 Å². The third-order valence-electron chi connectivity index (χ3n) is 2.09. The third kappa shape index (κ3) is 2.76. The van der Waals surface area contributed by atoms with E-state index in [4.69, 9.17) is 21.1 Å². The van der Waals surface area contributed by atoms with Crippen LogP contribution in [0.4, 0.5) is 0 Å². The van der Waals surface area contributed by atoms with Crippen molar-refractivity contribution in [1.29, 1.82) is 0 Å². The number of hydrogen-bond donors (Lipinski definition) is 1. The van der Waals surface area contributed by atoms with E-state index < -0.39 is 6.10 Å². The second-order valence-corrected chi connectivity index (χ2v) is 3.72. The van der Waals surface area contributed by atoms with E-state index in [2.05, 4.69) is 0 Å². The molecule has 0 amide bonds. The molecule has 84 valence electrons. The minimum Gasteiger partial charge on any atom is -0.496 e. The van der Waals surface area contributed by atoms with E-state index in [1.807, 2.05) is 0 Å². The monoisotopic (exact) mass is 230 g/mol. The predicted molar refractivity (Wildman–Crippen MR) is 59.9 cm³/mol. The molecule has 1 unspecified atom stereocenters. The highest BCUT2D eigenvalue weighted by molar-refractivity contribution is 6.32. The van der Waals surface area contributed by atoms with E-state index in [9.17, 15) is 5.11 Å². The van der Waals surface area contributed by atoms with Crippen LogP contribution in [-0.4, -0.2) is 25.4 Å². The van der Waals surface area contributed by atoms with Crippen molar-refractivity contribution in [3.05, 3.63) is 22.7 Å². The van der Waals surface area contributed by atoms with Gasteiger partial charge in [-0.25, -0.2) is 0 Å². The number of benzene rings is 1. The molecule has 0 aliphatic heterocycles. The minimum atomic E-state index is -0.466. The van der Waals surface area contributed by atoms with Crippen molar-refractivity contribution in [2.45, 2.75) is 19.4 Å². The maximum absolute atomic E-state index is 9.38. The summed E-state index contributed by atoms with van der Waals surface area (Å²) in [6, 6.07) is 3.48. The van der Waals surface area contributed by atoms with Crippen molar-refractivity contribution in [2.24, 2.45) is 0 Å². The van der Waals surface area contributed by atoms with Gasteiger partial charge in [0.15, 0.2) is 0 Å². The maximum Gasteiger partial charge on any atom is 0.144 e. The van der Waals surface area contributed by atoms with Gasteiger partial charge in [0.25, 0.3) is 0 Å². The number of ether oxygens (including phenoxy) is 2. The number of methoxy groups -OCH3 is 2. The molecule has 4 heteroatoms. The molecule has 1 atom stereocenters. The van der Waals surface area contributed by atoms with Crippen molar-refractivity contribution < 1.29 is 14.6 Å². The maximum atomic E-state index is 9.38. The van der Waals surface area contributed by atoms with Crippen molar-refractivity contribution >= 4 is 11.6 Å². The Hall–Kier alpha value is -0.930. The van der Waals surface area contributed by atoms with Crippen LogP contribution in [0.3, 0.4) is 0 Å². The molecule has 3 nitrogen and oxygen atoms in total. The number of aliphatic hydroxyl groups is 1. The van der Waals surface area contributed by atoms with Gasteiger partial charge >= 0.3 is 0 Å². The Morgan fingerprint density at radius 3 is 2.47 bits per heavy atom. The van der Waals surface area contributed by atoms with E-state index in [1.165, 1.54) is 0 Å². The molecule has 0 spiro atoms. The van der Waals surface area contributed by atoms with Crippen LogP contribution in [-0.2, 0) is 6.42 Å². The number of hydrogen-bond acceptors (Lipinski definition) is 3. The highest BCUT2D eigenvalue weighted by atomic mass is 35.5. The van der Waals surface area contributed by atoms with Crippen LogP contribution >= 0.6 is 11.6 Å². The van der Waals surface area contributed by atoms with E-state index in [1.54, 1.807) is 33.3 Å². The zero-order valence-corrected chi connectivity index (χ0v) is 9.84. The average molecular weight is 231 g/mol. The molecular weight excluding hydrogens is 216 g/mol. The largest absolute Gasteiger partial charge is 0.496 e. The van der Waals surface area contributed by atoms with Gasteiger partial charge in [-0.2, -0.15) is 0 Å². The molecule has 0 aliphatic rings. The van der Waals surface area contributed by atoms with Crippen LogP contribution in [0.2, 0.25) is 5.02 Å². The molecule has 1 rings (SSSR count). The molecule has 0 radical (unpaired) electrons. The van der Waals surface area contributed by atoms with Gasteiger partial charge in [-0.15, -0.1) is 0 Å². The fourth-order valence-electron chi connectivity index (χ4n) is 1.48. The van der Waals surface area contributed by atoms with Crippen LogP contribution in [0.1, 0.15) is 12.5 Å². The van der Waals surface area contributed by atoms with Crippen LogP contribution in [0.5, 0.6) is 11.5 Å².